The van der Waals surface area contributed by atoms with Gasteiger partial charge in [0.1, 0.15) is 5.71 Å². The smallest absolute Gasteiger partial charge is 0.462 e. The van der Waals surface area contributed by atoms with E-state index in [0.717, 1.165) is 67.0 Å². The molecule has 0 spiro atoms. The molecule has 0 aliphatic carbocycles. The lowest BCUT2D eigenvalue weighted by molar-refractivity contribution is -0.329. The number of fused-ring (bicyclic) bond motifs is 2. The summed E-state index contributed by atoms with van der Waals surface area (Å²) in [5, 5.41) is 14.6. The molecule has 0 unspecified atom stereocenters. The summed E-state index contributed by atoms with van der Waals surface area (Å²) >= 11 is 0. The highest BCUT2D eigenvalue weighted by molar-refractivity contribution is 6.87. The third-order valence-corrected chi connectivity index (χ3v) is 13.6. The van der Waals surface area contributed by atoms with Crippen LogP contribution in [0.1, 0.15) is 64.8 Å². The number of esters is 1. The molecule has 0 amide bonds. The molecule has 1 aromatic heterocycles. The van der Waals surface area contributed by atoms with Crippen LogP contribution >= 0.6 is 0 Å². The molecule has 2 aliphatic heterocycles. The van der Waals surface area contributed by atoms with Gasteiger partial charge in [-0.25, -0.2) is 4.79 Å². The van der Waals surface area contributed by atoms with Gasteiger partial charge in [0.2, 0.25) is 0 Å². The summed E-state index contributed by atoms with van der Waals surface area (Å²) in [4.78, 5) is 12.8. The van der Waals surface area contributed by atoms with Gasteiger partial charge in [0.25, 0.3) is 0 Å². The predicted molar refractivity (Wildman–Crippen MR) is 262 cm³/mol. The van der Waals surface area contributed by atoms with Gasteiger partial charge in [-0.2, -0.15) is 11.6 Å². The Morgan fingerprint density at radius 1 is 0.619 bits per heavy atom. The van der Waals surface area contributed by atoms with Gasteiger partial charge in [0.05, 0.1) is 17.7 Å². The van der Waals surface area contributed by atoms with E-state index in [2.05, 4.69) is 181 Å². The van der Waals surface area contributed by atoms with Crippen LogP contribution in [-0.4, -0.2) is 33.7 Å². The number of ether oxygens (including phenoxy) is 1. The normalized spacial score (nSPS) is 14.4. The van der Waals surface area contributed by atoms with Gasteiger partial charge < -0.3 is 13.7 Å². The molecule has 0 atom stereocenters. The third-order valence-electron chi connectivity index (χ3n) is 13.6. The molecule has 0 radical (unpaired) electrons. The molecule has 2 aliphatic rings. The molecule has 0 saturated carbocycles. The Morgan fingerprint density at radius 3 is 1.63 bits per heavy atom. The van der Waals surface area contributed by atoms with Crippen LogP contribution < -0.4 is 0 Å². The Bertz CT molecular complexity index is 3680. The van der Waals surface area contributed by atoms with E-state index in [9.17, 15) is 4.79 Å². The average Bonchev–Trinajstić information content (AvgIpc) is 3.79. The standard InChI is InChI=1S/C58H41BN2O2/c1-6-63-58(62)48-23-21-47(22-24-48)55-56-35(2)33-37(4)60(56)59(61-38(5)34-36(3)57(55)61,31-29-39-13-15-45-19-17-41-9-7-11-43-25-27-49(39)53(45)51(41)43)32-30-40-14-16-46-20-18-42-10-8-12-44-26-28-50(40)54(46)52(42)44/h7-28,33-34H,6H2,1-5H3. The van der Waals surface area contributed by atoms with Crippen molar-refractivity contribution in [2.75, 3.05) is 6.61 Å². The molecule has 9 aromatic carbocycles. The molecule has 298 valence electrons. The van der Waals surface area contributed by atoms with Crippen molar-refractivity contribution in [1.29, 1.82) is 0 Å². The van der Waals surface area contributed by atoms with E-state index in [0.29, 0.717) is 12.2 Å². The first-order chi connectivity index (χ1) is 30.7. The molecular formula is C58H41BN2O2. The van der Waals surface area contributed by atoms with E-state index in [1.165, 1.54) is 53.9 Å². The summed E-state index contributed by atoms with van der Waals surface area (Å²) in [7, 11) is 0. The molecule has 3 heterocycles. The van der Waals surface area contributed by atoms with Crippen molar-refractivity contribution in [3.63, 3.8) is 0 Å². The van der Waals surface area contributed by atoms with Crippen LogP contribution in [0.15, 0.2) is 157 Å². The van der Waals surface area contributed by atoms with Crippen LogP contribution in [0.5, 0.6) is 0 Å². The van der Waals surface area contributed by atoms with E-state index in [1.54, 1.807) is 0 Å². The highest BCUT2D eigenvalue weighted by atomic mass is 16.5. The zero-order valence-corrected chi connectivity index (χ0v) is 35.9. The van der Waals surface area contributed by atoms with Crippen molar-refractivity contribution < 1.29 is 14.0 Å². The maximum atomic E-state index is 12.8. The van der Waals surface area contributed by atoms with Gasteiger partial charge in [-0.3, -0.25) is 0 Å². The van der Waals surface area contributed by atoms with Crippen molar-refractivity contribution in [1.82, 2.24) is 4.48 Å². The molecule has 0 fully saturated rings. The maximum Gasteiger partial charge on any atom is 0.520 e. The third kappa shape index (κ3) is 5.27. The molecule has 0 N–H and O–H groups in total. The maximum absolute atomic E-state index is 12.8. The number of nitrogens with zero attached hydrogens (tertiary/aromatic N) is 2. The van der Waals surface area contributed by atoms with E-state index in [1.807, 2.05) is 31.2 Å². The molecule has 63 heavy (non-hydrogen) atoms. The van der Waals surface area contributed by atoms with Crippen LogP contribution in [0.3, 0.4) is 0 Å². The fourth-order valence-electron chi connectivity index (χ4n) is 11.1. The first kappa shape index (κ1) is 37.0. The second-order valence-corrected chi connectivity index (χ2v) is 17.3. The molecule has 10 aromatic rings. The summed E-state index contributed by atoms with van der Waals surface area (Å²) in [6.45, 7) is 10.9. The van der Waals surface area contributed by atoms with Crippen LogP contribution in [0.4, 0.5) is 0 Å². The zero-order valence-electron chi connectivity index (χ0n) is 35.9. The summed E-state index contributed by atoms with van der Waals surface area (Å²) in [5.74, 6) is 15.4. The highest BCUT2D eigenvalue weighted by Crippen LogP contribution is 2.44. The monoisotopic (exact) mass is 808 g/mol. The van der Waals surface area contributed by atoms with Crippen LogP contribution in [0, 0.1) is 37.3 Å². The van der Waals surface area contributed by atoms with Gasteiger partial charge >= 0.3 is 12.4 Å². The second kappa shape index (κ2) is 13.6. The van der Waals surface area contributed by atoms with Crippen molar-refractivity contribution in [2.45, 2.75) is 34.6 Å². The van der Waals surface area contributed by atoms with Gasteiger partial charge in [0, 0.05) is 35.4 Å². The number of benzene rings is 9. The number of carbonyl (C=O) groups is 1. The average molecular weight is 809 g/mol. The summed E-state index contributed by atoms with van der Waals surface area (Å²) in [6, 6.07) is 49.8. The molecular weight excluding hydrogens is 767 g/mol. The first-order valence-corrected chi connectivity index (χ1v) is 21.8. The topological polar surface area (TPSA) is 34.2 Å². The fraction of sp³-hybridized carbons (Fsp3) is 0.103. The van der Waals surface area contributed by atoms with Crippen LogP contribution in [-0.2, 0) is 4.74 Å². The van der Waals surface area contributed by atoms with Gasteiger partial charge in [-0.05, 0) is 139 Å². The Kier molecular flexibility index (Phi) is 7.96. The Balaban J connectivity index is 1.16. The number of rotatable bonds is 3. The van der Waals surface area contributed by atoms with Crippen molar-refractivity contribution in [2.24, 2.45) is 0 Å². The lowest BCUT2D eigenvalue weighted by Gasteiger charge is -2.39. The summed E-state index contributed by atoms with van der Waals surface area (Å²) in [5.41, 5.74) is 11.2. The van der Waals surface area contributed by atoms with Gasteiger partial charge in [-0.1, -0.05) is 109 Å². The lowest BCUT2D eigenvalue weighted by Crippen LogP contribution is -2.57. The zero-order chi connectivity index (χ0) is 42.7. The number of aryl methyl sites for hydroxylation is 2. The quantitative estimate of drug-likeness (QED) is 0.0771. The minimum absolute atomic E-state index is 0.324. The second-order valence-electron chi connectivity index (χ2n) is 17.3. The van der Waals surface area contributed by atoms with E-state index < -0.39 is 6.42 Å². The van der Waals surface area contributed by atoms with Crippen LogP contribution in [0.25, 0.3) is 70.2 Å². The van der Waals surface area contributed by atoms with E-state index >= 15 is 0 Å². The van der Waals surface area contributed by atoms with Crippen LogP contribution in [0.2, 0.25) is 0 Å². The lowest BCUT2D eigenvalue weighted by atomic mass is 9.44. The highest BCUT2D eigenvalue weighted by Gasteiger charge is 2.50. The van der Waals surface area contributed by atoms with Crippen molar-refractivity contribution >= 4 is 88.3 Å². The first-order valence-electron chi connectivity index (χ1n) is 21.8. The number of allylic oxidation sites excluding steroid dienone is 2. The van der Waals surface area contributed by atoms with Gasteiger partial charge in [-0.15, -0.1) is 11.8 Å². The molecule has 12 rings (SSSR count). The number of carbonyl (C=O) groups excluding carboxylic acids is 1. The minimum Gasteiger partial charge on any atom is -0.462 e. The predicted octanol–water partition coefficient (Wildman–Crippen LogP) is 12.8. The SMILES string of the molecule is CCOC(=O)c1ccc(C2=C3C(C)=CC(C)=[N+]3[B-](C#Cc3ccc4ccc5cccc6ccc3c4c56)(C#Cc3ccc4ccc5cccc6ccc3c4c56)n3c(C)cc(C)c32)cc1. The summed E-state index contributed by atoms with van der Waals surface area (Å²) < 4.78 is 10.2. The number of aromatic nitrogens is 1. The Morgan fingerprint density at radius 2 is 1.11 bits per heavy atom. The van der Waals surface area contributed by atoms with E-state index in [-0.39, 0.29) is 5.97 Å². The van der Waals surface area contributed by atoms with Crippen molar-refractivity contribution in [3.05, 3.63) is 196 Å². The molecule has 4 nitrogen and oxygen atoms in total. The number of hydrogen-bond acceptors (Lipinski definition) is 2. The molecule has 5 heteroatoms. The van der Waals surface area contributed by atoms with Gasteiger partial charge in [0.15, 0.2) is 5.70 Å². The summed E-state index contributed by atoms with van der Waals surface area (Å²) in [6.07, 6.45) is 0.0701. The molecule has 0 saturated heterocycles. The number of hydrogen-bond donors (Lipinski definition) is 0. The largest absolute Gasteiger partial charge is 0.520 e. The Hall–Kier alpha value is -7.86. The van der Waals surface area contributed by atoms with E-state index in [4.69, 9.17) is 4.74 Å². The Labute approximate surface area is 366 Å². The van der Waals surface area contributed by atoms with Crippen molar-refractivity contribution in [3.8, 4) is 23.5 Å². The minimum atomic E-state index is -2.20. The fourth-order valence-corrected chi connectivity index (χ4v) is 11.1. The molecule has 0 bridgehead atoms.